The van der Waals surface area contributed by atoms with Gasteiger partial charge < -0.3 is 9.80 Å². The van der Waals surface area contributed by atoms with Gasteiger partial charge in [0.2, 0.25) is 10.0 Å². The first-order valence-electron chi connectivity index (χ1n) is 8.66. The molecule has 0 saturated carbocycles. The standard InChI is InChI=1S/C19H22N4O3S/c1-2-8-21-27(25,26)18-5-3-4-16(15-18)19(24)23-13-11-22(12-14-23)17-6-9-20-10-7-17/h2-7,9-10,15,21H,1,8,11-14H2. The summed E-state index contributed by atoms with van der Waals surface area (Å²) in [5.74, 6) is -0.162. The summed E-state index contributed by atoms with van der Waals surface area (Å²) < 4.78 is 26.9. The number of piperazine rings is 1. The largest absolute Gasteiger partial charge is 0.368 e. The SMILES string of the molecule is C=CCNS(=O)(=O)c1cccc(C(=O)N2CCN(c3ccncc3)CC2)c1. The van der Waals surface area contributed by atoms with Crippen LogP contribution in [0, 0.1) is 0 Å². The minimum Gasteiger partial charge on any atom is -0.368 e. The first-order valence-corrected chi connectivity index (χ1v) is 10.1. The number of hydrogen-bond acceptors (Lipinski definition) is 5. The second-order valence-corrected chi connectivity index (χ2v) is 7.92. The first kappa shape index (κ1) is 19.1. The number of nitrogens with one attached hydrogen (secondary N) is 1. The summed E-state index contributed by atoms with van der Waals surface area (Å²) in [6.07, 6.45) is 4.97. The normalized spacial score (nSPS) is 14.8. The van der Waals surface area contributed by atoms with Crippen molar-refractivity contribution in [2.24, 2.45) is 0 Å². The van der Waals surface area contributed by atoms with E-state index in [-0.39, 0.29) is 17.3 Å². The Labute approximate surface area is 159 Å². The van der Waals surface area contributed by atoms with E-state index >= 15 is 0 Å². The minimum absolute atomic E-state index is 0.0746. The molecule has 1 aliphatic rings. The molecule has 0 spiro atoms. The molecule has 0 radical (unpaired) electrons. The lowest BCUT2D eigenvalue weighted by molar-refractivity contribution is 0.0746. The molecule has 7 nitrogen and oxygen atoms in total. The fourth-order valence-corrected chi connectivity index (χ4v) is 4.00. The molecule has 2 heterocycles. The van der Waals surface area contributed by atoms with E-state index in [9.17, 15) is 13.2 Å². The molecule has 142 valence electrons. The molecule has 2 aromatic rings. The summed E-state index contributed by atoms with van der Waals surface area (Å²) in [7, 11) is -3.66. The van der Waals surface area contributed by atoms with E-state index in [4.69, 9.17) is 0 Å². The fraction of sp³-hybridized carbons (Fsp3) is 0.263. The Morgan fingerprint density at radius 2 is 1.85 bits per heavy atom. The number of anilines is 1. The van der Waals surface area contributed by atoms with Crippen LogP contribution in [0.1, 0.15) is 10.4 Å². The third kappa shape index (κ3) is 4.53. The Morgan fingerprint density at radius 1 is 1.15 bits per heavy atom. The van der Waals surface area contributed by atoms with E-state index in [1.807, 2.05) is 12.1 Å². The monoisotopic (exact) mass is 386 g/mol. The van der Waals surface area contributed by atoms with Crippen molar-refractivity contribution < 1.29 is 13.2 Å². The van der Waals surface area contributed by atoms with Gasteiger partial charge in [-0.05, 0) is 30.3 Å². The van der Waals surface area contributed by atoms with Gasteiger partial charge in [0.1, 0.15) is 0 Å². The molecule has 1 aromatic heterocycles. The van der Waals surface area contributed by atoms with Crippen molar-refractivity contribution in [1.29, 1.82) is 0 Å². The molecule has 27 heavy (non-hydrogen) atoms. The number of benzene rings is 1. The van der Waals surface area contributed by atoms with E-state index < -0.39 is 10.0 Å². The smallest absolute Gasteiger partial charge is 0.254 e. The Morgan fingerprint density at radius 3 is 2.52 bits per heavy atom. The molecule has 1 aliphatic heterocycles. The van der Waals surface area contributed by atoms with E-state index in [1.165, 1.54) is 18.2 Å². The molecule has 0 aliphatic carbocycles. The highest BCUT2D eigenvalue weighted by molar-refractivity contribution is 7.89. The van der Waals surface area contributed by atoms with Gasteiger partial charge in [0.15, 0.2) is 0 Å². The Balaban J connectivity index is 1.68. The van der Waals surface area contributed by atoms with Crippen molar-refractivity contribution in [2.75, 3.05) is 37.6 Å². The molecule has 3 rings (SSSR count). The number of carbonyl (C=O) groups is 1. The number of carbonyl (C=O) groups excluding carboxylic acids is 1. The highest BCUT2D eigenvalue weighted by atomic mass is 32.2. The molecular formula is C19H22N4O3S. The average molecular weight is 386 g/mol. The number of hydrogen-bond donors (Lipinski definition) is 1. The maximum Gasteiger partial charge on any atom is 0.254 e. The van der Waals surface area contributed by atoms with Gasteiger partial charge in [0.05, 0.1) is 4.90 Å². The maximum absolute atomic E-state index is 12.8. The van der Waals surface area contributed by atoms with Gasteiger partial charge in [-0.3, -0.25) is 9.78 Å². The molecule has 0 unspecified atom stereocenters. The highest BCUT2D eigenvalue weighted by Gasteiger charge is 2.23. The van der Waals surface area contributed by atoms with Gasteiger partial charge in [-0.15, -0.1) is 6.58 Å². The summed E-state index contributed by atoms with van der Waals surface area (Å²) >= 11 is 0. The summed E-state index contributed by atoms with van der Waals surface area (Å²) in [4.78, 5) is 20.8. The third-order valence-corrected chi connectivity index (χ3v) is 5.82. The molecule has 1 aromatic carbocycles. The maximum atomic E-state index is 12.8. The van der Waals surface area contributed by atoms with Crippen LogP contribution in [0.15, 0.2) is 66.3 Å². The van der Waals surface area contributed by atoms with Crippen LogP contribution in [0.5, 0.6) is 0 Å². The Bertz CT molecular complexity index is 908. The Kier molecular flexibility index (Phi) is 5.88. The van der Waals surface area contributed by atoms with E-state index in [1.54, 1.807) is 29.4 Å². The highest BCUT2D eigenvalue weighted by Crippen LogP contribution is 2.18. The number of amides is 1. The second kappa shape index (κ2) is 8.32. The average Bonchev–Trinajstić information content (AvgIpc) is 2.72. The summed E-state index contributed by atoms with van der Waals surface area (Å²) in [6.45, 7) is 6.22. The van der Waals surface area contributed by atoms with Crippen LogP contribution in [-0.2, 0) is 10.0 Å². The lowest BCUT2D eigenvalue weighted by Crippen LogP contribution is -2.48. The number of pyridine rings is 1. The van der Waals surface area contributed by atoms with E-state index in [2.05, 4.69) is 21.2 Å². The second-order valence-electron chi connectivity index (χ2n) is 6.15. The molecule has 1 saturated heterocycles. The van der Waals surface area contributed by atoms with Gasteiger partial charge in [0, 0.05) is 56.4 Å². The number of nitrogens with zero attached hydrogens (tertiary/aromatic N) is 3. The molecule has 8 heteroatoms. The first-order chi connectivity index (χ1) is 13.0. The predicted octanol–water partition coefficient (Wildman–Crippen LogP) is 1.51. The zero-order valence-corrected chi connectivity index (χ0v) is 15.7. The Hall–Kier alpha value is -2.71. The van der Waals surface area contributed by atoms with Crippen molar-refractivity contribution in [3.63, 3.8) is 0 Å². The number of rotatable bonds is 6. The predicted molar refractivity (Wildman–Crippen MR) is 104 cm³/mol. The summed E-state index contributed by atoms with van der Waals surface area (Å²) in [5.41, 5.74) is 1.45. The van der Waals surface area contributed by atoms with Crippen LogP contribution < -0.4 is 9.62 Å². The van der Waals surface area contributed by atoms with Crippen LogP contribution in [0.4, 0.5) is 5.69 Å². The van der Waals surface area contributed by atoms with Crippen LogP contribution in [-0.4, -0.2) is 56.9 Å². The van der Waals surface area contributed by atoms with Crippen molar-refractivity contribution in [3.05, 3.63) is 67.0 Å². The molecule has 1 N–H and O–H groups in total. The number of aromatic nitrogens is 1. The summed E-state index contributed by atoms with van der Waals surface area (Å²) in [6, 6.07) is 10.0. The molecule has 0 bridgehead atoms. The van der Waals surface area contributed by atoms with Crippen LogP contribution in [0.3, 0.4) is 0 Å². The molecular weight excluding hydrogens is 364 g/mol. The van der Waals surface area contributed by atoms with E-state index in [0.29, 0.717) is 31.7 Å². The van der Waals surface area contributed by atoms with Crippen molar-refractivity contribution >= 4 is 21.6 Å². The lowest BCUT2D eigenvalue weighted by Gasteiger charge is -2.36. The van der Waals surface area contributed by atoms with Crippen LogP contribution in [0.2, 0.25) is 0 Å². The molecule has 0 atom stereocenters. The molecule has 1 amide bonds. The third-order valence-electron chi connectivity index (χ3n) is 4.40. The van der Waals surface area contributed by atoms with Crippen LogP contribution in [0.25, 0.3) is 0 Å². The number of sulfonamides is 1. The van der Waals surface area contributed by atoms with Crippen molar-refractivity contribution in [1.82, 2.24) is 14.6 Å². The minimum atomic E-state index is -3.66. The quantitative estimate of drug-likeness (QED) is 0.761. The van der Waals surface area contributed by atoms with Gasteiger partial charge in [-0.25, -0.2) is 13.1 Å². The van der Waals surface area contributed by atoms with Gasteiger partial charge in [-0.1, -0.05) is 12.1 Å². The zero-order chi connectivity index (χ0) is 19.3. The van der Waals surface area contributed by atoms with Crippen molar-refractivity contribution in [2.45, 2.75) is 4.90 Å². The zero-order valence-electron chi connectivity index (χ0n) is 14.9. The van der Waals surface area contributed by atoms with Gasteiger partial charge in [0.25, 0.3) is 5.91 Å². The van der Waals surface area contributed by atoms with Crippen LogP contribution >= 0.6 is 0 Å². The van der Waals surface area contributed by atoms with Crippen molar-refractivity contribution in [3.8, 4) is 0 Å². The van der Waals surface area contributed by atoms with Gasteiger partial charge in [-0.2, -0.15) is 0 Å². The molecule has 1 fully saturated rings. The van der Waals surface area contributed by atoms with Gasteiger partial charge >= 0.3 is 0 Å². The van der Waals surface area contributed by atoms with E-state index in [0.717, 1.165) is 5.69 Å². The summed E-state index contributed by atoms with van der Waals surface area (Å²) in [5, 5.41) is 0. The fourth-order valence-electron chi connectivity index (χ4n) is 2.95. The lowest BCUT2D eigenvalue weighted by atomic mass is 10.1. The topological polar surface area (TPSA) is 82.6 Å².